The van der Waals surface area contributed by atoms with Gasteiger partial charge in [-0.3, -0.25) is 9.88 Å². The molecule has 0 saturated carbocycles. The first-order valence-electron chi connectivity index (χ1n) is 16.2. The summed E-state index contributed by atoms with van der Waals surface area (Å²) in [5.41, 5.74) is 2.00. The second-order valence-electron chi connectivity index (χ2n) is 13.3. The van der Waals surface area contributed by atoms with Crippen molar-refractivity contribution in [2.24, 2.45) is 0 Å². The van der Waals surface area contributed by atoms with E-state index >= 15 is 4.39 Å². The van der Waals surface area contributed by atoms with E-state index in [-0.39, 0.29) is 22.5 Å². The van der Waals surface area contributed by atoms with E-state index < -0.39 is 5.82 Å². The molecule has 2 unspecified atom stereocenters. The van der Waals surface area contributed by atoms with Gasteiger partial charge in [-0.15, -0.1) is 0 Å². The Hall–Kier alpha value is -3.75. The van der Waals surface area contributed by atoms with Crippen molar-refractivity contribution in [1.29, 1.82) is 0 Å². The zero-order valence-electron chi connectivity index (χ0n) is 25.5. The largest absolute Gasteiger partial charge is 0.508 e. The van der Waals surface area contributed by atoms with Crippen LogP contribution in [0, 0.1) is 5.82 Å². The second kappa shape index (κ2) is 11.0. The predicted molar refractivity (Wildman–Crippen MR) is 178 cm³/mol. The minimum Gasteiger partial charge on any atom is -0.508 e. The van der Waals surface area contributed by atoms with Crippen LogP contribution in [0.2, 0.25) is 5.02 Å². The fraction of sp³-hybridized carbons (Fsp3) is 0.417. The Morgan fingerprint density at radius 3 is 2.60 bits per heavy atom. The molecule has 6 heterocycles. The third kappa shape index (κ3) is 4.67. The number of benzene rings is 2. The predicted octanol–water partition coefficient (Wildman–Crippen LogP) is 7.26. The normalized spacial score (nSPS) is 22.4. The Balaban J connectivity index is 1.25. The number of phenols is 1. The van der Waals surface area contributed by atoms with E-state index in [2.05, 4.69) is 32.8 Å². The number of aromatic nitrogens is 3. The molecule has 2 bridgehead atoms. The van der Waals surface area contributed by atoms with Gasteiger partial charge in [0.15, 0.2) is 5.82 Å². The SMILES string of the molecule is C=CC(=C)N1C2CCC1CN(c1nc(CCC34CCCN3CCC4)nc3c(F)c(-c4cc(O)cc5cccc(Cl)c45)ncc13)C2. The van der Waals surface area contributed by atoms with E-state index in [1.165, 1.54) is 31.7 Å². The van der Waals surface area contributed by atoms with Gasteiger partial charge in [-0.1, -0.05) is 36.9 Å². The molecule has 0 radical (unpaired) electrons. The highest BCUT2D eigenvalue weighted by Crippen LogP contribution is 2.43. The van der Waals surface area contributed by atoms with Crippen LogP contribution < -0.4 is 4.90 Å². The lowest BCUT2D eigenvalue weighted by Crippen LogP contribution is -2.53. The Morgan fingerprint density at radius 1 is 1.11 bits per heavy atom. The molecule has 8 rings (SSSR count). The highest BCUT2D eigenvalue weighted by atomic mass is 35.5. The molecule has 4 fully saturated rings. The van der Waals surface area contributed by atoms with Crippen LogP contribution >= 0.6 is 11.6 Å². The van der Waals surface area contributed by atoms with Crippen LogP contribution in [-0.4, -0.2) is 73.7 Å². The molecule has 4 aliphatic heterocycles. The van der Waals surface area contributed by atoms with Crippen LogP contribution in [0.25, 0.3) is 32.9 Å². The van der Waals surface area contributed by atoms with Crippen molar-refractivity contribution in [3.63, 3.8) is 0 Å². The van der Waals surface area contributed by atoms with E-state index in [9.17, 15) is 5.11 Å². The number of hydrogen-bond acceptors (Lipinski definition) is 7. The fourth-order valence-electron chi connectivity index (χ4n) is 8.81. The summed E-state index contributed by atoms with van der Waals surface area (Å²) in [6, 6.07) is 9.19. The molecule has 2 aromatic heterocycles. The maximum absolute atomic E-state index is 16.9. The number of aromatic hydroxyl groups is 1. The number of anilines is 1. The van der Waals surface area contributed by atoms with Gasteiger partial charge in [-0.2, -0.15) is 0 Å². The quantitative estimate of drug-likeness (QED) is 0.217. The lowest BCUT2D eigenvalue weighted by Gasteiger charge is -2.43. The minimum absolute atomic E-state index is 0.0246. The number of pyridine rings is 1. The van der Waals surface area contributed by atoms with Crippen LogP contribution in [0.5, 0.6) is 5.75 Å². The molecule has 2 aromatic carbocycles. The van der Waals surface area contributed by atoms with E-state index in [4.69, 9.17) is 21.6 Å². The molecule has 0 amide bonds. The highest BCUT2D eigenvalue weighted by molar-refractivity contribution is 6.36. The summed E-state index contributed by atoms with van der Waals surface area (Å²) in [4.78, 5) is 22.1. The third-order valence-corrected chi connectivity index (χ3v) is 11.2. The number of rotatable bonds is 7. The van der Waals surface area contributed by atoms with Crippen LogP contribution in [0.15, 0.2) is 61.5 Å². The molecule has 2 atom stereocenters. The lowest BCUT2D eigenvalue weighted by molar-refractivity contribution is 0.181. The molecule has 0 aliphatic carbocycles. The number of nitrogens with zero attached hydrogens (tertiary/aromatic N) is 6. The van der Waals surface area contributed by atoms with Gasteiger partial charge in [0, 0.05) is 65.0 Å². The summed E-state index contributed by atoms with van der Waals surface area (Å²) >= 11 is 6.63. The van der Waals surface area contributed by atoms with Crippen molar-refractivity contribution in [2.75, 3.05) is 31.1 Å². The smallest absolute Gasteiger partial charge is 0.175 e. The summed E-state index contributed by atoms with van der Waals surface area (Å²) in [5.74, 6) is 0.925. The van der Waals surface area contributed by atoms with Crippen molar-refractivity contribution >= 4 is 39.1 Å². The van der Waals surface area contributed by atoms with E-state index in [0.29, 0.717) is 51.1 Å². The van der Waals surface area contributed by atoms with Crippen molar-refractivity contribution in [2.45, 2.75) is 69.0 Å². The van der Waals surface area contributed by atoms with Gasteiger partial charge in [-0.25, -0.2) is 14.4 Å². The number of piperazine rings is 1. The number of fused-ring (bicyclic) bond motifs is 5. The molecular weight excluding hydrogens is 587 g/mol. The molecule has 4 aliphatic rings. The number of phenolic OH excluding ortho intramolecular Hbond substituents is 1. The van der Waals surface area contributed by atoms with Crippen molar-refractivity contribution in [1.82, 2.24) is 24.8 Å². The Kier molecular flexibility index (Phi) is 6.99. The maximum Gasteiger partial charge on any atom is 0.175 e. The number of aryl methyl sites for hydroxylation is 1. The van der Waals surface area contributed by atoms with Gasteiger partial charge in [0.25, 0.3) is 0 Å². The summed E-state index contributed by atoms with van der Waals surface area (Å²) in [5, 5.41) is 13.0. The highest BCUT2D eigenvalue weighted by Gasteiger charge is 2.44. The van der Waals surface area contributed by atoms with Crippen LogP contribution in [0.1, 0.15) is 50.8 Å². The topological polar surface area (TPSA) is 68.6 Å². The van der Waals surface area contributed by atoms with E-state index in [0.717, 1.165) is 57.0 Å². The molecule has 0 spiro atoms. The standard InChI is InChI=1S/C36H38ClFN6O/c1-3-22(2)44-24-9-10-25(44)21-42(20-24)35-28-19-39-33(27-18-26(45)17-23-7-4-8-29(37)31(23)27)32(38)34(28)40-30(41-35)11-14-36-12-5-15-43(36)16-6-13-36/h3-4,7-8,17-19,24-25,45H,1-2,5-6,9-16,20-21H2. The van der Waals surface area contributed by atoms with Gasteiger partial charge < -0.3 is 14.9 Å². The van der Waals surface area contributed by atoms with Gasteiger partial charge in [0.1, 0.15) is 28.6 Å². The van der Waals surface area contributed by atoms with E-state index in [1.807, 2.05) is 18.2 Å². The summed E-state index contributed by atoms with van der Waals surface area (Å²) in [7, 11) is 0. The number of allylic oxidation sites excluding steroid dienone is 1. The second-order valence-corrected chi connectivity index (χ2v) is 13.7. The van der Waals surface area contributed by atoms with Crippen molar-refractivity contribution in [3.8, 4) is 17.0 Å². The molecule has 9 heteroatoms. The molecule has 232 valence electrons. The van der Waals surface area contributed by atoms with Crippen molar-refractivity contribution < 1.29 is 9.50 Å². The fourth-order valence-corrected chi connectivity index (χ4v) is 9.09. The zero-order valence-corrected chi connectivity index (χ0v) is 26.2. The van der Waals surface area contributed by atoms with Crippen LogP contribution in [0.4, 0.5) is 10.2 Å². The van der Waals surface area contributed by atoms with Crippen LogP contribution in [0.3, 0.4) is 0 Å². The third-order valence-electron chi connectivity index (χ3n) is 10.9. The molecule has 4 aromatic rings. The average Bonchev–Trinajstić information content (AvgIpc) is 3.70. The Morgan fingerprint density at radius 2 is 1.87 bits per heavy atom. The van der Waals surface area contributed by atoms with Crippen molar-refractivity contribution in [3.05, 3.63) is 78.1 Å². The van der Waals surface area contributed by atoms with Crippen LogP contribution in [-0.2, 0) is 6.42 Å². The minimum atomic E-state index is -0.521. The zero-order chi connectivity index (χ0) is 30.9. The summed E-state index contributed by atoms with van der Waals surface area (Å²) < 4.78 is 16.9. The Labute approximate surface area is 268 Å². The Bertz CT molecular complexity index is 1840. The first kappa shape index (κ1) is 28.7. The molecule has 1 N–H and O–H groups in total. The molecule has 4 saturated heterocycles. The summed E-state index contributed by atoms with van der Waals surface area (Å²) in [6.07, 6.45) is 12.2. The number of halogens is 2. The maximum atomic E-state index is 16.9. The van der Waals surface area contributed by atoms with Gasteiger partial charge in [0.05, 0.1) is 5.39 Å². The van der Waals surface area contributed by atoms with Gasteiger partial charge in [-0.05, 0) is 87.7 Å². The van der Waals surface area contributed by atoms with Gasteiger partial charge in [0.2, 0.25) is 0 Å². The van der Waals surface area contributed by atoms with E-state index in [1.54, 1.807) is 18.3 Å². The number of hydrogen-bond donors (Lipinski definition) is 1. The summed E-state index contributed by atoms with van der Waals surface area (Å²) in [6.45, 7) is 12.1. The monoisotopic (exact) mass is 624 g/mol. The first-order valence-corrected chi connectivity index (χ1v) is 16.6. The van der Waals surface area contributed by atoms with Gasteiger partial charge >= 0.3 is 0 Å². The lowest BCUT2D eigenvalue weighted by atomic mass is 9.88. The average molecular weight is 625 g/mol. The molecule has 7 nitrogen and oxygen atoms in total. The first-order chi connectivity index (χ1) is 21.8. The molecular formula is C36H38ClFN6O. The molecule has 45 heavy (non-hydrogen) atoms.